The Morgan fingerprint density at radius 1 is 1.56 bits per heavy atom. The molecule has 0 saturated heterocycles. The van der Waals surface area contributed by atoms with Gasteiger partial charge >= 0.3 is 0 Å². The number of primary amides is 1. The van der Waals surface area contributed by atoms with E-state index >= 15 is 0 Å². The van der Waals surface area contributed by atoms with Gasteiger partial charge in [-0.3, -0.25) is 14.4 Å². The van der Waals surface area contributed by atoms with E-state index in [1.165, 1.54) is 0 Å². The van der Waals surface area contributed by atoms with Gasteiger partial charge in [-0.1, -0.05) is 0 Å². The molecule has 3 N–H and O–H groups in total. The molecular weight excluding hydrogens is 124 g/mol. The van der Waals surface area contributed by atoms with Gasteiger partial charge in [0.15, 0.2) is 0 Å². The highest BCUT2D eigenvalue weighted by atomic mass is 16.2. The fourth-order valence-corrected chi connectivity index (χ4v) is 0.221. The Hall–Kier alpha value is -1.39. The predicted octanol–water partition coefficient (Wildman–Crippen LogP) is -2.21. The highest BCUT2D eigenvalue weighted by Gasteiger charge is 2.05. The van der Waals surface area contributed by atoms with Crippen molar-refractivity contribution in [2.45, 2.75) is 0 Å². The van der Waals surface area contributed by atoms with E-state index in [1.807, 2.05) is 5.32 Å². The standard InChI is InChI=1S/C4H6N2O3/c5-4(9)3(8)1-6-2-7/h2H,1H2,(H2,5,9)(H,6,7). The molecule has 0 heterocycles. The first-order chi connectivity index (χ1) is 4.18. The third-order valence-electron chi connectivity index (χ3n) is 0.621. The fourth-order valence-electron chi connectivity index (χ4n) is 0.221. The summed E-state index contributed by atoms with van der Waals surface area (Å²) >= 11 is 0. The molecule has 0 aliphatic heterocycles. The molecule has 2 amide bonds. The number of ketones is 1. The Balaban J connectivity index is 3.51. The van der Waals surface area contributed by atoms with Crippen molar-refractivity contribution in [2.24, 2.45) is 5.73 Å². The zero-order valence-electron chi connectivity index (χ0n) is 4.59. The minimum atomic E-state index is -1.04. The molecule has 0 radical (unpaired) electrons. The molecule has 50 valence electrons. The second-order valence-corrected chi connectivity index (χ2v) is 1.29. The first-order valence-electron chi connectivity index (χ1n) is 2.18. The van der Waals surface area contributed by atoms with Crippen molar-refractivity contribution in [3.05, 3.63) is 0 Å². The number of amides is 2. The van der Waals surface area contributed by atoms with Crippen molar-refractivity contribution in [1.29, 1.82) is 0 Å². The van der Waals surface area contributed by atoms with Crippen molar-refractivity contribution in [2.75, 3.05) is 6.54 Å². The minimum absolute atomic E-state index is 0.320. The molecule has 0 aromatic heterocycles. The summed E-state index contributed by atoms with van der Waals surface area (Å²) in [6.45, 7) is -0.321. The van der Waals surface area contributed by atoms with Crippen molar-refractivity contribution >= 4 is 18.1 Å². The molecule has 0 rings (SSSR count). The van der Waals surface area contributed by atoms with Gasteiger partial charge in [-0.05, 0) is 0 Å². The maximum Gasteiger partial charge on any atom is 0.286 e. The van der Waals surface area contributed by atoms with Crippen LogP contribution in [-0.4, -0.2) is 24.6 Å². The van der Waals surface area contributed by atoms with E-state index in [0.717, 1.165) is 0 Å². The fraction of sp³-hybridized carbons (Fsp3) is 0.250. The lowest BCUT2D eigenvalue weighted by Crippen LogP contribution is -2.32. The van der Waals surface area contributed by atoms with Crippen LogP contribution in [-0.2, 0) is 14.4 Å². The number of hydrogen-bond donors (Lipinski definition) is 2. The molecule has 0 fully saturated rings. The molecule has 0 unspecified atom stereocenters. The first-order valence-corrected chi connectivity index (χ1v) is 2.18. The third kappa shape index (κ3) is 3.22. The number of carbonyl (C=O) groups excluding carboxylic acids is 3. The van der Waals surface area contributed by atoms with Gasteiger partial charge in [0.2, 0.25) is 12.2 Å². The largest absolute Gasteiger partial charge is 0.363 e. The lowest BCUT2D eigenvalue weighted by atomic mass is 10.4. The van der Waals surface area contributed by atoms with Gasteiger partial charge in [-0.25, -0.2) is 0 Å². The van der Waals surface area contributed by atoms with Crippen molar-refractivity contribution in [1.82, 2.24) is 5.32 Å². The zero-order valence-corrected chi connectivity index (χ0v) is 4.59. The SMILES string of the molecule is NC(=O)C(=O)CNC=O. The molecule has 0 bridgehead atoms. The molecule has 0 aromatic carbocycles. The monoisotopic (exact) mass is 130 g/mol. The molecule has 0 saturated carbocycles. The Morgan fingerprint density at radius 2 is 2.11 bits per heavy atom. The van der Waals surface area contributed by atoms with Gasteiger partial charge in [0.25, 0.3) is 5.91 Å². The molecule has 5 nitrogen and oxygen atoms in total. The third-order valence-corrected chi connectivity index (χ3v) is 0.621. The Labute approximate surface area is 51.2 Å². The summed E-state index contributed by atoms with van der Waals surface area (Å²) in [5, 5.41) is 2.00. The number of carbonyl (C=O) groups is 3. The zero-order chi connectivity index (χ0) is 7.28. The second-order valence-electron chi connectivity index (χ2n) is 1.29. The number of nitrogens with one attached hydrogen (secondary N) is 1. The highest BCUT2D eigenvalue weighted by Crippen LogP contribution is 1.62. The topological polar surface area (TPSA) is 89.3 Å². The average molecular weight is 130 g/mol. The Bertz CT molecular complexity index is 143. The Morgan fingerprint density at radius 3 is 2.44 bits per heavy atom. The summed E-state index contributed by atoms with van der Waals surface area (Å²) in [4.78, 5) is 29.6. The maximum absolute atomic E-state index is 10.2. The molecule has 0 aliphatic carbocycles. The van der Waals surface area contributed by atoms with Gasteiger partial charge in [0.1, 0.15) is 0 Å². The van der Waals surface area contributed by atoms with Crippen LogP contribution >= 0.6 is 0 Å². The summed E-state index contributed by atoms with van der Waals surface area (Å²) in [6.07, 6.45) is 0.320. The second kappa shape index (κ2) is 3.59. The van der Waals surface area contributed by atoms with Crippen molar-refractivity contribution in [3.8, 4) is 0 Å². The van der Waals surface area contributed by atoms with E-state index in [-0.39, 0.29) is 6.54 Å². The number of nitrogens with two attached hydrogens (primary N) is 1. The lowest BCUT2D eigenvalue weighted by molar-refractivity contribution is -0.135. The number of Topliss-reactive ketones (excluding diaryl/α,β-unsaturated/α-hetero) is 1. The van der Waals surface area contributed by atoms with E-state index in [9.17, 15) is 14.4 Å². The summed E-state index contributed by atoms with van der Waals surface area (Å²) in [5.41, 5.74) is 4.53. The van der Waals surface area contributed by atoms with Gasteiger partial charge in [-0.2, -0.15) is 0 Å². The van der Waals surface area contributed by atoms with Crippen LogP contribution in [0.25, 0.3) is 0 Å². The van der Waals surface area contributed by atoms with Gasteiger partial charge in [0, 0.05) is 0 Å². The van der Waals surface area contributed by atoms with Crippen LogP contribution in [0.2, 0.25) is 0 Å². The smallest absolute Gasteiger partial charge is 0.286 e. The van der Waals surface area contributed by atoms with Crippen LogP contribution in [0.1, 0.15) is 0 Å². The van der Waals surface area contributed by atoms with Crippen molar-refractivity contribution < 1.29 is 14.4 Å². The maximum atomic E-state index is 10.2. The summed E-state index contributed by atoms with van der Waals surface area (Å²) in [5.74, 6) is -1.84. The molecular formula is C4H6N2O3. The van der Waals surface area contributed by atoms with Crippen LogP contribution < -0.4 is 11.1 Å². The lowest BCUT2D eigenvalue weighted by Gasteiger charge is -1.90. The Kier molecular flexibility index (Phi) is 3.04. The van der Waals surface area contributed by atoms with E-state index in [1.54, 1.807) is 0 Å². The van der Waals surface area contributed by atoms with Crippen LogP contribution in [0.4, 0.5) is 0 Å². The number of hydrogen-bond acceptors (Lipinski definition) is 3. The van der Waals surface area contributed by atoms with E-state index in [2.05, 4.69) is 5.73 Å². The van der Waals surface area contributed by atoms with Gasteiger partial charge in [0.05, 0.1) is 6.54 Å². The van der Waals surface area contributed by atoms with Crippen LogP contribution in [0.3, 0.4) is 0 Å². The van der Waals surface area contributed by atoms with Gasteiger partial charge in [-0.15, -0.1) is 0 Å². The predicted molar refractivity (Wildman–Crippen MR) is 28.3 cm³/mol. The van der Waals surface area contributed by atoms with Crippen LogP contribution in [0.15, 0.2) is 0 Å². The highest BCUT2D eigenvalue weighted by molar-refractivity contribution is 6.36. The average Bonchev–Trinajstić information content (AvgIpc) is 1.82. The van der Waals surface area contributed by atoms with Crippen LogP contribution in [0.5, 0.6) is 0 Å². The first kappa shape index (κ1) is 7.61. The van der Waals surface area contributed by atoms with Crippen molar-refractivity contribution in [3.63, 3.8) is 0 Å². The van der Waals surface area contributed by atoms with E-state index in [0.29, 0.717) is 6.41 Å². The van der Waals surface area contributed by atoms with E-state index in [4.69, 9.17) is 0 Å². The minimum Gasteiger partial charge on any atom is -0.363 e. The molecule has 5 heteroatoms. The van der Waals surface area contributed by atoms with Gasteiger partial charge < -0.3 is 11.1 Å². The molecule has 0 spiro atoms. The van der Waals surface area contributed by atoms with Crippen LogP contribution in [0, 0.1) is 0 Å². The molecule has 0 aliphatic rings. The molecule has 9 heavy (non-hydrogen) atoms. The summed E-state index contributed by atoms with van der Waals surface area (Å²) in [6, 6.07) is 0. The summed E-state index contributed by atoms with van der Waals surface area (Å²) in [7, 11) is 0. The molecule has 0 atom stereocenters. The number of rotatable bonds is 4. The molecule has 0 aromatic rings. The normalized spacial score (nSPS) is 8.00. The van der Waals surface area contributed by atoms with E-state index < -0.39 is 11.7 Å². The summed E-state index contributed by atoms with van der Waals surface area (Å²) < 4.78 is 0. The quantitative estimate of drug-likeness (QED) is 0.334.